The predicted octanol–water partition coefficient (Wildman–Crippen LogP) is 0.736. The van der Waals surface area contributed by atoms with Gasteiger partial charge in [-0.3, -0.25) is 9.78 Å². The third-order valence-electron chi connectivity index (χ3n) is 3.75. The first-order valence-electron chi connectivity index (χ1n) is 6.56. The second-order valence-electron chi connectivity index (χ2n) is 5.32. The molecule has 0 saturated carbocycles. The third kappa shape index (κ3) is 2.07. The van der Waals surface area contributed by atoms with Crippen LogP contribution in [-0.4, -0.2) is 27.3 Å². The maximum Gasteiger partial charge on any atom is 0.326 e. The molecular formula is C14H16N2O4. The summed E-state index contributed by atoms with van der Waals surface area (Å²) in [6.45, 7) is 3.68. The van der Waals surface area contributed by atoms with E-state index in [1.54, 1.807) is 13.0 Å². The molecule has 1 aromatic heterocycles. The van der Waals surface area contributed by atoms with E-state index in [9.17, 15) is 14.7 Å². The van der Waals surface area contributed by atoms with Gasteiger partial charge in [0.2, 0.25) is 0 Å². The van der Waals surface area contributed by atoms with Gasteiger partial charge in [0, 0.05) is 12.0 Å². The number of aliphatic hydroxyl groups is 1. The molecule has 0 amide bonds. The van der Waals surface area contributed by atoms with E-state index in [0.717, 1.165) is 11.1 Å². The number of rotatable bonds is 1. The van der Waals surface area contributed by atoms with E-state index in [2.05, 4.69) is 9.97 Å². The molecule has 106 valence electrons. The summed E-state index contributed by atoms with van der Waals surface area (Å²) in [5, 5.41) is 10.2. The standard InChI is InChI=1S/C14H16N2O4/c1-6-3-8(11-5-10(17)7(2)20-11)12-9(4-6)13(18)16-14(19)15-12/h3-4,7,10-11,17H,5H2,1-2H3,(H2,15,16,18,19)/t7-,10-,11-/m1/s1. The molecule has 2 heterocycles. The van der Waals surface area contributed by atoms with Crippen LogP contribution in [0.25, 0.3) is 10.9 Å². The zero-order valence-electron chi connectivity index (χ0n) is 11.3. The minimum atomic E-state index is -0.542. The molecule has 1 aliphatic rings. The Labute approximate surface area is 114 Å². The Morgan fingerprint density at radius 1 is 1.30 bits per heavy atom. The summed E-state index contributed by atoms with van der Waals surface area (Å²) in [5.41, 5.74) is 1.17. The highest BCUT2D eigenvalue weighted by molar-refractivity contribution is 5.82. The number of H-pyrrole nitrogens is 2. The Morgan fingerprint density at radius 3 is 2.70 bits per heavy atom. The quantitative estimate of drug-likeness (QED) is 0.715. The summed E-state index contributed by atoms with van der Waals surface area (Å²) >= 11 is 0. The Kier molecular flexibility index (Phi) is 2.99. The van der Waals surface area contributed by atoms with Crippen molar-refractivity contribution in [2.75, 3.05) is 0 Å². The van der Waals surface area contributed by atoms with Crippen molar-refractivity contribution >= 4 is 10.9 Å². The van der Waals surface area contributed by atoms with Gasteiger partial charge in [0.25, 0.3) is 5.56 Å². The summed E-state index contributed by atoms with van der Waals surface area (Å²) in [5.74, 6) is 0. The first-order chi connectivity index (χ1) is 9.45. The van der Waals surface area contributed by atoms with Crippen LogP contribution >= 0.6 is 0 Å². The molecule has 20 heavy (non-hydrogen) atoms. The summed E-state index contributed by atoms with van der Waals surface area (Å²) in [4.78, 5) is 28.2. The smallest absolute Gasteiger partial charge is 0.326 e. The van der Waals surface area contributed by atoms with E-state index in [1.165, 1.54) is 0 Å². The lowest BCUT2D eigenvalue weighted by Gasteiger charge is -2.14. The lowest BCUT2D eigenvalue weighted by Crippen LogP contribution is -2.23. The van der Waals surface area contributed by atoms with Gasteiger partial charge in [-0.25, -0.2) is 4.79 Å². The second kappa shape index (κ2) is 4.57. The lowest BCUT2D eigenvalue weighted by molar-refractivity contribution is 0.0221. The van der Waals surface area contributed by atoms with Gasteiger partial charge in [0.15, 0.2) is 0 Å². The molecule has 0 radical (unpaired) electrons. The number of ether oxygens (including phenoxy) is 1. The molecule has 0 unspecified atom stereocenters. The Hall–Kier alpha value is -1.92. The molecule has 1 fully saturated rings. The van der Waals surface area contributed by atoms with Crippen LogP contribution < -0.4 is 11.2 Å². The average Bonchev–Trinajstić information content (AvgIpc) is 2.70. The van der Waals surface area contributed by atoms with Crippen LogP contribution in [0.2, 0.25) is 0 Å². The van der Waals surface area contributed by atoms with Gasteiger partial charge < -0.3 is 14.8 Å². The number of benzene rings is 1. The molecule has 1 aromatic carbocycles. The van der Waals surface area contributed by atoms with Crippen LogP contribution in [0.5, 0.6) is 0 Å². The molecule has 0 bridgehead atoms. The van der Waals surface area contributed by atoms with Crippen LogP contribution in [0.3, 0.4) is 0 Å². The molecule has 2 aromatic rings. The van der Waals surface area contributed by atoms with Crippen molar-refractivity contribution in [2.24, 2.45) is 0 Å². The van der Waals surface area contributed by atoms with Gasteiger partial charge in [-0.05, 0) is 25.5 Å². The predicted molar refractivity (Wildman–Crippen MR) is 73.8 cm³/mol. The molecule has 1 saturated heterocycles. The highest BCUT2D eigenvalue weighted by Gasteiger charge is 2.33. The van der Waals surface area contributed by atoms with E-state index in [4.69, 9.17) is 4.74 Å². The lowest BCUT2D eigenvalue weighted by atomic mass is 9.99. The number of aliphatic hydroxyl groups excluding tert-OH is 1. The molecule has 6 heteroatoms. The Balaban J connectivity index is 2.25. The van der Waals surface area contributed by atoms with Crippen LogP contribution in [0.1, 0.15) is 30.6 Å². The maximum absolute atomic E-state index is 11.9. The van der Waals surface area contributed by atoms with Crippen molar-refractivity contribution in [2.45, 2.75) is 38.6 Å². The average molecular weight is 276 g/mol. The number of nitrogens with one attached hydrogen (secondary N) is 2. The number of aromatic nitrogens is 2. The molecule has 1 aliphatic heterocycles. The fourth-order valence-electron chi connectivity index (χ4n) is 2.72. The SMILES string of the molecule is Cc1cc([C@H]2C[C@@H](O)[C@@H](C)O2)c2[nH]c(=O)[nH]c(=O)c2c1. The van der Waals surface area contributed by atoms with Crippen molar-refractivity contribution in [1.29, 1.82) is 0 Å². The van der Waals surface area contributed by atoms with E-state index < -0.39 is 17.4 Å². The van der Waals surface area contributed by atoms with Crippen molar-refractivity contribution in [1.82, 2.24) is 9.97 Å². The van der Waals surface area contributed by atoms with Gasteiger partial charge in [0.05, 0.1) is 29.2 Å². The monoisotopic (exact) mass is 276 g/mol. The van der Waals surface area contributed by atoms with Crippen LogP contribution in [0, 0.1) is 6.92 Å². The molecule has 6 nitrogen and oxygen atoms in total. The fraction of sp³-hybridized carbons (Fsp3) is 0.429. The molecule has 0 aliphatic carbocycles. The van der Waals surface area contributed by atoms with E-state index >= 15 is 0 Å². The first-order valence-corrected chi connectivity index (χ1v) is 6.56. The molecule has 3 N–H and O–H groups in total. The fourth-order valence-corrected chi connectivity index (χ4v) is 2.72. The number of aromatic amines is 2. The summed E-state index contributed by atoms with van der Waals surface area (Å²) in [6, 6.07) is 3.61. The molecule has 3 rings (SSSR count). The second-order valence-corrected chi connectivity index (χ2v) is 5.32. The third-order valence-corrected chi connectivity index (χ3v) is 3.75. The van der Waals surface area contributed by atoms with Crippen molar-refractivity contribution in [3.05, 3.63) is 44.1 Å². The van der Waals surface area contributed by atoms with Gasteiger partial charge in [0.1, 0.15) is 0 Å². The molecule has 0 spiro atoms. The normalized spacial score (nSPS) is 26.2. The highest BCUT2D eigenvalue weighted by atomic mass is 16.5. The maximum atomic E-state index is 11.9. The van der Waals surface area contributed by atoms with Crippen LogP contribution in [0.4, 0.5) is 0 Å². The van der Waals surface area contributed by atoms with Crippen molar-refractivity contribution < 1.29 is 9.84 Å². The number of fused-ring (bicyclic) bond motifs is 1. The minimum absolute atomic E-state index is 0.260. The Bertz CT molecular complexity index is 767. The van der Waals surface area contributed by atoms with Crippen molar-refractivity contribution in [3.63, 3.8) is 0 Å². The summed E-state index contributed by atoms with van der Waals surface area (Å²) < 4.78 is 5.72. The Morgan fingerprint density at radius 2 is 2.05 bits per heavy atom. The molecular weight excluding hydrogens is 260 g/mol. The zero-order chi connectivity index (χ0) is 14.4. The minimum Gasteiger partial charge on any atom is -0.390 e. The van der Waals surface area contributed by atoms with Crippen LogP contribution in [-0.2, 0) is 4.74 Å². The largest absolute Gasteiger partial charge is 0.390 e. The highest BCUT2D eigenvalue weighted by Crippen LogP contribution is 2.35. The first kappa shape index (κ1) is 13.1. The molecule has 3 atom stereocenters. The number of aryl methyl sites for hydroxylation is 1. The van der Waals surface area contributed by atoms with Gasteiger partial charge in [-0.15, -0.1) is 0 Å². The summed E-state index contributed by atoms with van der Waals surface area (Å²) in [7, 11) is 0. The zero-order valence-corrected chi connectivity index (χ0v) is 11.3. The van der Waals surface area contributed by atoms with Gasteiger partial charge in [-0.1, -0.05) is 6.07 Å². The van der Waals surface area contributed by atoms with Gasteiger partial charge in [-0.2, -0.15) is 0 Å². The van der Waals surface area contributed by atoms with Crippen LogP contribution in [0.15, 0.2) is 21.7 Å². The van der Waals surface area contributed by atoms with Crippen molar-refractivity contribution in [3.8, 4) is 0 Å². The van der Waals surface area contributed by atoms with E-state index in [0.29, 0.717) is 17.3 Å². The topological polar surface area (TPSA) is 95.2 Å². The van der Waals surface area contributed by atoms with Gasteiger partial charge >= 0.3 is 5.69 Å². The number of hydrogen-bond acceptors (Lipinski definition) is 4. The van der Waals surface area contributed by atoms with E-state index in [-0.39, 0.29) is 12.2 Å². The summed E-state index contributed by atoms with van der Waals surface area (Å²) in [6.07, 6.45) is -0.664. The van der Waals surface area contributed by atoms with E-state index in [1.807, 2.05) is 13.0 Å². The number of hydrogen-bond donors (Lipinski definition) is 3.